The number of nitrogens with zero attached hydrogens (tertiary/aromatic N) is 3. The molecule has 14 heteroatoms. The molecule has 38 heavy (non-hydrogen) atoms. The van der Waals surface area contributed by atoms with Crippen LogP contribution in [0.15, 0.2) is 42.7 Å². The van der Waals surface area contributed by atoms with E-state index in [0.717, 1.165) is 12.1 Å². The molecule has 1 aliphatic rings. The molecular formula is C24H28F4N6O3S. The van der Waals surface area contributed by atoms with Gasteiger partial charge in [-0.05, 0) is 63.2 Å². The normalized spacial score (nSPS) is 13.8. The van der Waals surface area contributed by atoms with Crippen molar-refractivity contribution >= 4 is 21.7 Å². The van der Waals surface area contributed by atoms with Gasteiger partial charge in [-0.3, -0.25) is 4.72 Å². The molecule has 206 valence electrons. The van der Waals surface area contributed by atoms with Crippen LogP contribution in [0.5, 0.6) is 11.6 Å². The van der Waals surface area contributed by atoms with Gasteiger partial charge in [0.25, 0.3) is 0 Å². The molecule has 1 aliphatic heterocycles. The monoisotopic (exact) mass is 556 g/mol. The average Bonchev–Trinajstić information content (AvgIpc) is 2.89. The number of halogens is 4. The van der Waals surface area contributed by atoms with Crippen LogP contribution in [0.25, 0.3) is 11.3 Å². The summed E-state index contributed by atoms with van der Waals surface area (Å²) in [6.45, 7) is 3.05. The SMILES string of the molecule is C1CCNCC1.CC(F)(F)CCS(=O)(=O)Nc1ccc(Oc2ncccc2-c2ccnc(N)n2)c(F)c1F. The summed E-state index contributed by atoms with van der Waals surface area (Å²) in [5, 5.41) is 3.28. The van der Waals surface area contributed by atoms with E-state index in [1.807, 2.05) is 0 Å². The van der Waals surface area contributed by atoms with E-state index in [4.69, 9.17) is 10.5 Å². The van der Waals surface area contributed by atoms with Gasteiger partial charge in [0.05, 0.1) is 22.7 Å². The Balaban J connectivity index is 0.000000585. The minimum atomic E-state index is -4.34. The molecule has 3 aromatic rings. The van der Waals surface area contributed by atoms with Crippen LogP contribution in [0, 0.1) is 11.6 Å². The Hall–Kier alpha value is -3.52. The summed E-state index contributed by atoms with van der Waals surface area (Å²) >= 11 is 0. The maximum Gasteiger partial charge on any atom is 0.246 e. The van der Waals surface area contributed by atoms with E-state index in [2.05, 4.69) is 20.3 Å². The quantitative estimate of drug-likeness (QED) is 0.339. The zero-order chi connectivity index (χ0) is 27.8. The lowest BCUT2D eigenvalue weighted by Crippen LogP contribution is -2.23. The lowest BCUT2D eigenvalue weighted by Gasteiger charge is -2.14. The molecule has 4 N–H and O–H groups in total. The smallest absolute Gasteiger partial charge is 0.246 e. The third kappa shape index (κ3) is 8.80. The van der Waals surface area contributed by atoms with E-state index in [1.54, 1.807) is 16.9 Å². The van der Waals surface area contributed by atoms with Crippen LogP contribution in [0.1, 0.15) is 32.6 Å². The third-order valence-electron chi connectivity index (χ3n) is 5.26. The van der Waals surface area contributed by atoms with Gasteiger partial charge >= 0.3 is 0 Å². The Labute approximate surface area is 217 Å². The second-order valence-corrected chi connectivity index (χ2v) is 10.4. The lowest BCUT2D eigenvalue weighted by atomic mass is 10.2. The van der Waals surface area contributed by atoms with Crippen molar-refractivity contribution in [3.63, 3.8) is 0 Å². The van der Waals surface area contributed by atoms with E-state index in [1.165, 1.54) is 50.8 Å². The predicted molar refractivity (Wildman–Crippen MR) is 135 cm³/mol. The second-order valence-electron chi connectivity index (χ2n) is 8.55. The van der Waals surface area contributed by atoms with Gasteiger partial charge < -0.3 is 15.8 Å². The molecule has 0 bridgehead atoms. The van der Waals surface area contributed by atoms with Crippen LogP contribution in [-0.4, -0.2) is 48.1 Å². The molecule has 1 aromatic carbocycles. The summed E-state index contributed by atoms with van der Waals surface area (Å²) in [4.78, 5) is 11.8. The summed E-state index contributed by atoms with van der Waals surface area (Å²) < 4.78 is 85.8. The lowest BCUT2D eigenvalue weighted by molar-refractivity contribution is 0.0189. The zero-order valence-electron chi connectivity index (χ0n) is 20.6. The van der Waals surface area contributed by atoms with Crippen LogP contribution in [-0.2, 0) is 10.0 Å². The highest BCUT2D eigenvalue weighted by molar-refractivity contribution is 7.92. The number of nitrogen functional groups attached to an aromatic ring is 1. The van der Waals surface area contributed by atoms with Gasteiger partial charge in [-0.2, -0.15) is 4.39 Å². The highest BCUT2D eigenvalue weighted by Crippen LogP contribution is 2.34. The van der Waals surface area contributed by atoms with Gasteiger partial charge in [0, 0.05) is 18.8 Å². The number of benzene rings is 1. The molecule has 2 aromatic heterocycles. The molecule has 0 radical (unpaired) electrons. The van der Waals surface area contributed by atoms with Crippen LogP contribution >= 0.6 is 0 Å². The topological polar surface area (TPSA) is 132 Å². The van der Waals surface area contributed by atoms with Gasteiger partial charge in [0.15, 0.2) is 11.6 Å². The predicted octanol–water partition coefficient (Wildman–Crippen LogP) is 4.74. The molecule has 4 rings (SSSR count). The fourth-order valence-corrected chi connectivity index (χ4v) is 4.54. The highest BCUT2D eigenvalue weighted by Gasteiger charge is 2.26. The standard InChI is InChI=1S/C19H17F4N5O3S.C5H11N/c1-19(22,23)7-10-32(29,30)28-13-4-5-14(16(21)15(13)20)31-17-11(3-2-8-25-17)12-6-9-26-18(24)27-12;1-2-4-6-5-3-1/h2-6,8-9,28H,7,10H2,1H3,(H2,24,26,27);6H,1-5H2. The Morgan fingerprint density at radius 2 is 1.79 bits per heavy atom. The average molecular weight is 557 g/mol. The van der Waals surface area contributed by atoms with E-state index in [-0.39, 0.29) is 11.8 Å². The van der Waals surface area contributed by atoms with Gasteiger partial charge in [0.2, 0.25) is 33.6 Å². The van der Waals surface area contributed by atoms with Crippen LogP contribution < -0.4 is 20.5 Å². The molecule has 0 unspecified atom stereocenters. The minimum Gasteiger partial charge on any atom is -0.435 e. The maximum absolute atomic E-state index is 14.6. The summed E-state index contributed by atoms with van der Waals surface area (Å²) in [6.07, 6.45) is 5.98. The fraction of sp³-hybridized carbons (Fsp3) is 0.375. The molecular weight excluding hydrogens is 528 g/mol. The van der Waals surface area contributed by atoms with Crippen molar-refractivity contribution in [1.82, 2.24) is 20.3 Å². The number of aromatic nitrogens is 3. The second kappa shape index (κ2) is 12.8. The number of anilines is 2. The zero-order valence-corrected chi connectivity index (χ0v) is 21.4. The van der Waals surface area contributed by atoms with Crippen molar-refractivity contribution in [2.45, 2.75) is 38.5 Å². The molecule has 0 saturated carbocycles. The molecule has 3 heterocycles. The molecule has 1 fully saturated rings. The minimum absolute atomic E-state index is 0.0213. The van der Waals surface area contributed by atoms with Crippen molar-refractivity contribution in [2.24, 2.45) is 0 Å². The van der Waals surface area contributed by atoms with Gasteiger partial charge in [0.1, 0.15) is 0 Å². The summed E-state index contributed by atoms with van der Waals surface area (Å²) in [5.41, 5.74) is 5.44. The molecule has 0 aliphatic carbocycles. The molecule has 0 atom stereocenters. The first-order valence-corrected chi connectivity index (χ1v) is 13.4. The fourth-order valence-electron chi connectivity index (χ4n) is 3.32. The number of hydrogen-bond donors (Lipinski definition) is 3. The van der Waals surface area contributed by atoms with Crippen molar-refractivity contribution in [1.29, 1.82) is 0 Å². The Bertz CT molecular complexity index is 1320. The van der Waals surface area contributed by atoms with E-state index in [0.29, 0.717) is 18.2 Å². The Kier molecular flexibility index (Phi) is 9.80. The molecule has 0 amide bonds. The van der Waals surface area contributed by atoms with E-state index < -0.39 is 51.2 Å². The molecule has 0 spiro atoms. The van der Waals surface area contributed by atoms with Gasteiger partial charge in [-0.15, -0.1) is 0 Å². The number of sulfonamides is 1. The molecule has 9 nitrogen and oxygen atoms in total. The van der Waals surface area contributed by atoms with Crippen LogP contribution in [0.3, 0.4) is 0 Å². The van der Waals surface area contributed by atoms with Crippen molar-refractivity contribution in [3.05, 3.63) is 54.4 Å². The van der Waals surface area contributed by atoms with Crippen molar-refractivity contribution in [2.75, 3.05) is 29.3 Å². The first-order chi connectivity index (χ1) is 18.0. The number of nitrogens with two attached hydrogens (primary N) is 1. The third-order valence-corrected chi connectivity index (χ3v) is 6.53. The summed E-state index contributed by atoms with van der Waals surface area (Å²) in [5.74, 6) is -8.02. The maximum atomic E-state index is 14.6. The number of pyridine rings is 1. The summed E-state index contributed by atoms with van der Waals surface area (Å²) in [6, 6.07) is 6.51. The first kappa shape index (κ1) is 29.0. The van der Waals surface area contributed by atoms with Gasteiger partial charge in [-0.25, -0.2) is 36.5 Å². The van der Waals surface area contributed by atoms with Crippen LogP contribution in [0.2, 0.25) is 0 Å². The largest absolute Gasteiger partial charge is 0.435 e. The number of alkyl halides is 2. The Morgan fingerprint density at radius 1 is 1.05 bits per heavy atom. The number of rotatable bonds is 8. The van der Waals surface area contributed by atoms with E-state index >= 15 is 0 Å². The number of piperidine rings is 1. The number of ether oxygens (including phenoxy) is 1. The van der Waals surface area contributed by atoms with Crippen LogP contribution in [0.4, 0.5) is 29.2 Å². The number of nitrogens with one attached hydrogen (secondary N) is 2. The number of hydrogen-bond acceptors (Lipinski definition) is 8. The summed E-state index contributed by atoms with van der Waals surface area (Å²) in [7, 11) is -4.34. The first-order valence-electron chi connectivity index (χ1n) is 11.7. The van der Waals surface area contributed by atoms with Crippen molar-refractivity contribution < 1.29 is 30.7 Å². The van der Waals surface area contributed by atoms with E-state index in [9.17, 15) is 26.0 Å². The molecule has 1 saturated heterocycles. The Morgan fingerprint density at radius 3 is 2.39 bits per heavy atom. The van der Waals surface area contributed by atoms with Crippen molar-refractivity contribution in [3.8, 4) is 22.9 Å². The van der Waals surface area contributed by atoms with Gasteiger partial charge in [-0.1, -0.05) is 6.42 Å². The highest BCUT2D eigenvalue weighted by atomic mass is 32.2.